The number of hydrogen-bond acceptors (Lipinski definition) is 7. The summed E-state index contributed by atoms with van der Waals surface area (Å²) in [7, 11) is 0. The molecule has 6 fully saturated rings. The summed E-state index contributed by atoms with van der Waals surface area (Å²) >= 11 is 3.90. The summed E-state index contributed by atoms with van der Waals surface area (Å²) in [4.78, 5) is 39.6. The topological polar surface area (TPSA) is 75.7 Å². The Morgan fingerprint density at radius 2 is 1.40 bits per heavy atom. The van der Waals surface area contributed by atoms with Crippen LogP contribution in [-0.2, 0) is 14.3 Å². The number of amides is 1. The number of Topliss-reactive ketones (excluding diaryl/α,β-unsaturated/α-hetero) is 2. The van der Waals surface area contributed by atoms with Gasteiger partial charge in [-0.25, -0.2) is 4.79 Å². The fourth-order valence-corrected chi connectivity index (χ4v) is 13.4. The number of likely N-dealkylation sites (tertiary alicyclic amines) is 1. The van der Waals surface area contributed by atoms with E-state index in [-0.39, 0.29) is 33.8 Å². The van der Waals surface area contributed by atoms with Crippen molar-refractivity contribution in [3.63, 3.8) is 0 Å². The predicted octanol–water partition coefficient (Wildman–Crippen LogP) is 7.87. The van der Waals surface area contributed by atoms with Gasteiger partial charge in [-0.1, -0.05) is 41.5 Å². The van der Waals surface area contributed by atoms with Gasteiger partial charge in [-0.2, -0.15) is 23.5 Å². The van der Waals surface area contributed by atoms with Crippen molar-refractivity contribution in [1.29, 1.82) is 0 Å². The molecule has 45 heavy (non-hydrogen) atoms. The minimum absolute atomic E-state index is 0.00650. The van der Waals surface area contributed by atoms with E-state index < -0.39 is 5.60 Å². The summed E-state index contributed by atoms with van der Waals surface area (Å²) < 4.78 is 5.60. The summed E-state index contributed by atoms with van der Waals surface area (Å²) in [6.07, 6.45) is 8.44. The van der Waals surface area contributed by atoms with Crippen LogP contribution in [0.3, 0.4) is 0 Å². The van der Waals surface area contributed by atoms with Gasteiger partial charge in [0.25, 0.3) is 0 Å². The van der Waals surface area contributed by atoms with E-state index in [9.17, 15) is 14.4 Å². The number of ether oxygens (including phenoxy) is 1. The molecule has 2 saturated heterocycles. The first kappa shape index (κ1) is 35.6. The predicted molar refractivity (Wildman–Crippen MR) is 188 cm³/mol. The second-order valence-corrected chi connectivity index (χ2v) is 20.0. The normalized spacial score (nSPS) is 39.4. The molecule has 0 spiro atoms. The summed E-state index contributed by atoms with van der Waals surface area (Å²) in [5.74, 6) is 7.65. The van der Waals surface area contributed by atoms with Gasteiger partial charge in [0.15, 0.2) is 0 Å². The molecule has 2 aliphatic heterocycles. The van der Waals surface area contributed by atoms with Crippen LogP contribution in [0.25, 0.3) is 0 Å². The first-order chi connectivity index (χ1) is 20.9. The largest absolute Gasteiger partial charge is 0.444 e. The highest BCUT2D eigenvalue weighted by Gasteiger charge is 2.64. The van der Waals surface area contributed by atoms with Gasteiger partial charge < -0.3 is 15.0 Å². The van der Waals surface area contributed by atoms with Gasteiger partial charge in [0.2, 0.25) is 0 Å². The Labute approximate surface area is 282 Å². The second-order valence-electron chi connectivity index (χ2n) is 17.9. The van der Waals surface area contributed by atoms with Gasteiger partial charge >= 0.3 is 6.09 Å². The van der Waals surface area contributed by atoms with Crippen molar-refractivity contribution in [2.75, 3.05) is 36.1 Å². The Balaban J connectivity index is 0.000000186. The highest BCUT2D eigenvalue weighted by atomic mass is 32.2. The van der Waals surface area contributed by atoms with Crippen LogP contribution < -0.4 is 5.32 Å². The maximum absolute atomic E-state index is 12.7. The van der Waals surface area contributed by atoms with Crippen LogP contribution in [0.5, 0.6) is 0 Å². The molecule has 6 nitrogen and oxygen atoms in total. The Morgan fingerprint density at radius 3 is 1.82 bits per heavy atom. The molecule has 2 unspecified atom stereocenters. The zero-order chi connectivity index (χ0) is 33.0. The van der Waals surface area contributed by atoms with Crippen LogP contribution in [0.15, 0.2) is 0 Å². The van der Waals surface area contributed by atoms with Crippen molar-refractivity contribution < 1.29 is 19.1 Å². The van der Waals surface area contributed by atoms with E-state index in [4.69, 9.17) is 4.74 Å². The molecule has 1 amide bonds. The van der Waals surface area contributed by atoms with Crippen LogP contribution in [0.2, 0.25) is 0 Å². The summed E-state index contributed by atoms with van der Waals surface area (Å²) in [5, 5.41) is 3.60. The first-order valence-electron chi connectivity index (χ1n) is 17.9. The van der Waals surface area contributed by atoms with Crippen LogP contribution in [0, 0.1) is 45.3 Å². The first-order valence-corrected chi connectivity index (χ1v) is 20.2. The van der Waals surface area contributed by atoms with E-state index in [0.717, 1.165) is 61.8 Å². The summed E-state index contributed by atoms with van der Waals surface area (Å²) in [6, 6.07) is 0.895. The maximum atomic E-state index is 12.7. The van der Waals surface area contributed by atoms with Gasteiger partial charge in [-0.15, -0.1) is 0 Å². The van der Waals surface area contributed by atoms with Crippen molar-refractivity contribution in [2.45, 2.75) is 131 Å². The fraction of sp³-hybridized carbons (Fsp3) is 0.919. The number of carbonyl (C=O) groups is 3. The summed E-state index contributed by atoms with van der Waals surface area (Å²) in [5.41, 5.74) is -0.215. The minimum Gasteiger partial charge on any atom is -0.444 e. The lowest BCUT2D eigenvalue weighted by atomic mass is 9.70. The molecule has 8 heteroatoms. The second kappa shape index (κ2) is 12.9. The number of fused-ring (bicyclic) bond motifs is 4. The third kappa shape index (κ3) is 6.65. The van der Waals surface area contributed by atoms with Crippen molar-refractivity contribution in [3.05, 3.63) is 0 Å². The van der Waals surface area contributed by atoms with Gasteiger partial charge in [-0.05, 0) is 100 Å². The Morgan fingerprint density at radius 1 is 0.867 bits per heavy atom. The average molecular weight is 663 g/mol. The van der Waals surface area contributed by atoms with Crippen molar-refractivity contribution in [3.8, 4) is 0 Å². The van der Waals surface area contributed by atoms with E-state index in [0.29, 0.717) is 35.4 Å². The lowest BCUT2D eigenvalue weighted by Crippen LogP contribution is -2.42. The van der Waals surface area contributed by atoms with E-state index in [2.05, 4.69) is 46.9 Å². The average Bonchev–Trinajstić information content (AvgIpc) is 3.71. The van der Waals surface area contributed by atoms with E-state index in [1.807, 2.05) is 49.2 Å². The zero-order valence-corrected chi connectivity index (χ0v) is 31.4. The molecule has 6 aliphatic rings. The Hall–Kier alpha value is -0.730. The zero-order valence-electron chi connectivity index (χ0n) is 29.8. The molecule has 0 aromatic heterocycles. The highest BCUT2D eigenvalue weighted by molar-refractivity contribution is 7.99. The van der Waals surface area contributed by atoms with E-state index in [1.54, 1.807) is 0 Å². The molecule has 8 atom stereocenters. The lowest BCUT2D eigenvalue weighted by Gasteiger charge is -2.37. The van der Waals surface area contributed by atoms with Crippen molar-refractivity contribution >= 4 is 41.2 Å². The Kier molecular flexibility index (Phi) is 10.2. The number of hydrogen-bond donors (Lipinski definition) is 1. The number of nitrogens with one attached hydrogen (secondary N) is 1. The molecule has 4 saturated carbocycles. The molecule has 2 heterocycles. The molecular formula is C37H62N2O4S2. The SMILES string of the molecule is C[C@@H]1C[C@@H](CSC[C@]23CCC(CC2=O)C3(C)C)N(C(=O)OC(C)(C)C)C1.C[C@H]1CN[C@H](CSC[C@]23CCC(CC2=O)C3(C)C)C1. The molecular weight excluding hydrogens is 601 g/mol. The molecule has 0 aromatic rings. The van der Waals surface area contributed by atoms with E-state index in [1.165, 1.54) is 31.6 Å². The quantitative estimate of drug-likeness (QED) is 0.284. The number of carbonyl (C=O) groups excluding carboxylic acids is 3. The molecule has 1 N–H and O–H groups in total. The van der Waals surface area contributed by atoms with Gasteiger partial charge in [-0.3, -0.25) is 9.59 Å². The lowest BCUT2D eigenvalue weighted by molar-refractivity contribution is -0.128. The number of ketones is 2. The van der Waals surface area contributed by atoms with Crippen molar-refractivity contribution in [2.24, 2.45) is 45.3 Å². The smallest absolute Gasteiger partial charge is 0.410 e. The van der Waals surface area contributed by atoms with Crippen molar-refractivity contribution in [1.82, 2.24) is 10.2 Å². The van der Waals surface area contributed by atoms with Crippen LogP contribution >= 0.6 is 23.5 Å². The number of thioether (sulfide) groups is 2. The van der Waals surface area contributed by atoms with Gasteiger partial charge in [0.05, 0.1) is 0 Å². The fourth-order valence-electron chi connectivity index (χ4n) is 9.96. The highest BCUT2D eigenvalue weighted by Crippen LogP contribution is 2.65. The number of nitrogens with zero attached hydrogens (tertiary/aromatic N) is 1. The molecule has 256 valence electrons. The molecule has 4 aliphatic carbocycles. The van der Waals surface area contributed by atoms with Crippen LogP contribution in [-0.4, -0.2) is 76.3 Å². The van der Waals surface area contributed by atoms with Gasteiger partial charge in [0.1, 0.15) is 17.2 Å². The maximum Gasteiger partial charge on any atom is 0.410 e. The molecule has 4 bridgehead atoms. The minimum atomic E-state index is -0.460. The monoisotopic (exact) mass is 662 g/mol. The van der Waals surface area contributed by atoms with Crippen LogP contribution in [0.1, 0.15) is 114 Å². The van der Waals surface area contributed by atoms with Crippen LogP contribution in [0.4, 0.5) is 4.79 Å². The number of rotatable bonds is 8. The molecule has 0 radical (unpaired) electrons. The molecule has 0 aromatic carbocycles. The van der Waals surface area contributed by atoms with Gasteiger partial charge in [0, 0.05) is 65.3 Å². The third-order valence-corrected chi connectivity index (χ3v) is 16.0. The van der Waals surface area contributed by atoms with E-state index >= 15 is 0 Å². The third-order valence-electron chi connectivity index (χ3n) is 13.3. The standard InChI is InChI=1S/C21H35NO3S.C16H27NOS/c1-14-9-16(22(11-14)18(24)25-19(2,3)4)12-26-13-21-8-7-15(10-17(21)23)20(21,5)6;1-11-6-13(17-8-11)9-19-10-16-5-4-12(7-14(16)18)15(16,2)3/h14-16H,7-13H2,1-6H3;11-13,17H,4-10H2,1-3H3/t14-,15?,16+,21-;11-,12?,13+,16-/m11/s1. The summed E-state index contributed by atoms with van der Waals surface area (Å²) in [6.45, 7) is 21.5. The Bertz CT molecular complexity index is 1130. The molecule has 6 rings (SSSR count).